The van der Waals surface area contributed by atoms with Crippen molar-refractivity contribution in [2.24, 2.45) is 11.3 Å². The van der Waals surface area contributed by atoms with Gasteiger partial charge in [0.15, 0.2) is 0 Å². The summed E-state index contributed by atoms with van der Waals surface area (Å²) in [6, 6.07) is 7.86. The molecule has 2 saturated heterocycles. The first-order valence-corrected chi connectivity index (χ1v) is 10.0. The third-order valence-corrected chi connectivity index (χ3v) is 5.97. The van der Waals surface area contributed by atoms with Gasteiger partial charge in [-0.25, -0.2) is 0 Å². The molecule has 0 N–H and O–H groups in total. The number of rotatable bonds is 4. The van der Waals surface area contributed by atoms with Gasteiger partial charge in [-0.2, -0.15) is 0 Å². The highest BCUT2D eigenvalue weighted by atomic mass is 16.2. The van der Waals surface area contributed by atoms with E-state index in [-0.39, 0.29) is 11.3 Å². The van der Waals surface area contributed by atoms with E-state index in [1.165, 1.54) is 5.56 Å². The van der Waals surface area contributed by atoms with Crippen molar-refractivity contribution >= 4 is 11.8 Å². The number of carbonyl (C=O) groups excluding carboxylic acids is 2. The lowest BCUT2D eigenvalue weighted by Gasteiger charge is -2.48. The Kier molecular flexibility index (Phi) is 5.69. The maximum absolute atomic E-state index is 12.9. The zero-order valence-corrected chi connectivity index (χ0v) is 16.5. The zero-order chi connectivity index (χ0) is 18.7. The van der Waals surface area contributed by atoms with Crippen LogP contribution in [0.15, 0.2) is 24.3 Å². The molecular formula is C22H32N2O2. The van der Waals surface area contributed by atoms with Crippen LogP contribution in [0, 0.1) is 18.3 Å². The van der Waals surface area contributed by atoms with Crippen LogP contribution in [-0.2, 0) is 4.79 Å². The van der Waals surface area contributed by atoms with Gasteiger partial charge in [-0.05, 0) is 50.7 Å². The summed E-state index contributed by atoms with van der Waals surface area (Å²) in [5.74, 6) is 1.03. The molecule has 4 nitrogen and oxygen atoms in total. The molecule has 2 fully saturated rings. The normalized spacial score (nSPS) is 23.8. The zero-order valence-electron chi connectivity index (χ0n) is 16.5. The molecule has 4 heteroatoms. The summed E-state index contributed by atoms with van der Waals surface area (Å²) < 4.78 is 0. The minimum Gasteiger partial charge on any atom is -0.342 e. The Morgan fingerprint density at radius 1 is 1.15 bits per heavy atom. The largest absolute Gasteiger partial charge is 0.342 e. The molecule has 2 aliphatic rings. The highest BCUT2D eigenvalue weighted by Gasteiger charge is 2.42. The summed E-state index contributed by atoms with van der Waals surface area (Å²) in [7, 11) is 0. The molecule has 1 aromatic rings. The molecule has 0 saturated carbocycles. The van der Waals surface area contributed by atoms with E-state index in [1.807, 2.05) is 36.1 Å². The molecule has 1 unspecified atom stereocenters. The van der Waals surface area contributed by atoms with E-state index in [4.69, 9.17) is 0 Å². The standard InChI is InChI=1S/C22H32N2O2/c1-17(2)10-14-23-15-22(12-9-20(23)25)11-4-13-24(16-22)21(26)19-7-5-18(3)6-8-19/h5-8,17H,4,9-16H2,1-3H3. The molecule has 3 rings (SSSR count). The number of nitrogens with zero attached hydrogens (tertiary/aromatic N) is 2. The molecule has 26 heavy (non-hydrogen) atoms. The van der Waals surface area contributed by atoms with Crippen molar-refractivity contribution in [3.8, 4) is 0 Å². The van der Waals surface area contributed by atoms with Gasteiger partial charge < -0.3 is 9.80 Å². The van der Waals surface area contributed by atoms with Crippen molar-refractivity contribution in [1.29, 1.82) is 0 Å². The topological polar surface area (TPSA) is 40.6 Å². The maximum Gasteiger partial charge on any atom is 0.253 e. The Balaban J connectivity index is 1.69. The first-order chi connectivity index (χ1) is 12.4. The summed E-state index contributed by atoms with van der Waals surface area (Å²) in [6.07, 6.45) is 4.75. The van der Waals surface area contributed by atoms with Gasteiger partial charge in [-0.3, -0.25) is 9.59 Å². The molecule has 1 aromatic carbocycles. The van der Waals surface area contributed by atoms with Crippen LogP contribution in [0.25, 0.3) is 0 Å². The van der Waals surface area contributed by atoms with Gasteiger partial charge >= 0.3 is 0 Å². The smallest absolute Gasteiger partial charge is 0.253 e. The predicted molar refractivity (Wildman–Crippen MR) is 104 cm³/mol. The van der Waals surface area contributed by atoms with Gasteiger partial charge in [-0.1, -0.05) is 31.5 Å². The Hall–Kier alpha value is -1.84. The van der Waals surface area contributed by atoms with Gasteiger partial charge in [0.2, 0.25) is 5.91 Å². The number of amides is 2. The van der Waals surface area contributed by atoms with E-state index in [1.54, 1.807) is 0 Å². The van der Waals surface area contributed by atoms with Crippen molar-refractivity contribution in [1.82, 2.24) is 9.80 Å². The van der Waals surface area contributed by atoms with E-state index in [2.05, 4.69) is 18.7 Å². The van der Waals surface area contributed by atoms with Crippen molar-refractivity contribution in [3.63, 3.8) is 0 Å². The Bertz CT molecular complexity index is 653. The summed E-state index contributed by atoms with van der Waals surface area (Å²) in [5, 5.41) is 0. The Labute approximate surface area is 157 Å². The van der Waals surface area contributed by atoms with Crippen LogP contribution in [0.2, 0.25) is 0 Å². The lowest BCUT2D eigenvalue weighted by atomic mass is 9.73. The predicted octanol–water partition coefficient (Wildman–Crippen LogP) is 3.89. The van der Waals surface area contributed by atoms with Crippen LogP contribution >= 0.6 is 0 Å². The van der Waals surface area contributed by atoms with Crippen LogP contribution in [0.3, 0.4) is 0 Å². The Morgan fingerprint density at radius 2 is 1.88 bits per heavy atom. The monoisotopic (exact) mass is 356 g/mol. The first-order valence-electron chi connectivity index (χ1n) is 10.0. The maximum atomic E-state index is 12.9. The van der Waals surface area contributed by atoms with E-state index >= 15 is 0 Å². The molecule has 2 amide bonds. The lowest BCUT2D eigenvalue weighted by Crippen LogP contribution is -2.55. The summed E-state index contributed by atoms with van der Waals surface area (Å²) in [4.78, 5) is 29.4. The number of hydrogen-bond acceptors (Lipinski definition) is 2. The van der Waals surface area contributed by atoms with Gasteiger partial charge in [0, 0.05) is 43.6 Å². The van der Waals surface area contributed by atoms with Gasteiger partial charge in [0.1, 0.15) is 0 Å². The minimum absolute atomic E-state index is 0.0868. The fourth-order valence-electron chi connectivity index (χ4n) is 4.31. The van der Waals surface area contributed by atoms with Crippen molar-refractivity contribution in [3.05, 3.63) is 35.4 Å². The number of aryl methyl sites for hydroxylation is 1. The molecule has 142 valence electrons. The molecule has 1 atom stereocenters. The first kappa shape index (κ1) is 18.9. The summed E-state index contributed by atoms with van der Waals surface area (Å²) >= 11 is 0. The molecule has 0 radical (unpaired) electrons. The van der Waals surface area contributed by atoms with E-state index < -0.39 is 0 Å². The second-order valence-corrected chi connectivity index (χ2v) is 8.69. The van der Waals surface area contributed by atoms with Crippen molar-refractivity contribution < 1.29 is 9.59 Å². The van der Waals surface area contributed by atoms with E-state index in [0.717, 1.165) is 57.4 Å². The van der Waals surface area contributed by atoms with Crippen molar-refractivity contribution in [2.75, 3.05) is 26.2 Å². The number of benzene rings is 1. The van der Waals surface area contributed by atoms with Crippen LogP contribution in [0.4, 0.5) is 0 Å². The fourth-order valence-corrected chi connectivity index (χ4v) is 4.31. The molecule has 1 spiro atoms. The van der Waals surface area contributed by atoms with Crippen LogP contribution in [0.5, 0.6) is 0 Å². The fraction of sp³-hybridized carbons (Fsp3) is 0.636. The second-order valence-electron chi connectivity index (χ2n) is 8.69. The third kappa shape index (κ3) is 4.28. The second kappa shape index (κ2) is 7.81. The number of likely N-dealkylation sites (tertiary alicyclic amines) is 2. The SMILES string of the molecule is Cc1ccc(C(=O)N2CCCC3(CCC(=O)N(CCC(C)C)C3)C2)cc1. The van der Waals surface area contributed by atoms with Crippen LogP contribution in [0.1, 0.15) is 61.9 Å². The molecule has 0 aliphatic carbocycles. The minimum atomic E-state index is 0.0868. The van der Waals surface area contributed by atoms with E-state index in [9.17, 15) is 9.59 Å². The average molecular weight is 357 g/mol. The van der Waals surface area contributed by atoms with Gasteiger partial charge in [-0.15, -0.1) is 0 Å². The third-order valence-electron chi connectivity index (χ3n) is 5.97. The van der Waals surface area contributed by atoms with E-state index in [0.29, 0.717) is 18.2 Å². The molecular weight excluding hydrogens is 324 g/mol. The molecule has 0 aromatic heterocycles. The molecule has 0 bridgehead atoms. The lowest BCUT2D eigenvalue weighted by molar-refractivity contribution is -0.139. The summed E-state index contributed by atoms with van der Waals surface area (Å²) in [6.45, 7) is 9.72. The summed E-state index contributed by atoms with van der Waals surface area (Å²) in [5.41, 5.74) is 2.03. The number of carbonyl (C=O) groups is 2. The van der Waals surface area contributed by atoms with Gasteiger partial charge in [0.05, 0.1) is 0 Å². The highest BCUT2D eigenvalue weighted by molar-refractivity contribution is 5.94. The number of piperidine rings is 2. The van der Waals surface area contributed by atoms with Crippen LogP contribution < -0.4 is 0 Å². The number of hydrogen-bond donors (Lipinski definition) is 0. The quantitative estimate of drug-likeness (QED) is 0.821. The van der Waals surface area contributed by atoms with Crippen molar-refractivity contribution in [2.45, 2.75) is 52.9 Å². The van der Waals surface area contributed by atoms with Gasteiger partial charge in [0.25, 0.3) is 5.91 Å². The average Bonchev–Trinajstić information content (AvgIpc) is 2.63. The highest BCUT2D eigenvalue weighted by Crippen LogP contribution is 2.39. The van der Waals surface area contributed by atoms with Crippen LogP contribution in [-0.4, -0.2) is 47.8 Å². The molecule has 2 aliphatic heterocycles. The Morgan fingerprint density at radius 3 is 2.58 bits per heavy atom. The molecule has 2 heterocycles.